The standard InChI is InChI=1S/C15H22N2O/c1-10-7-8-13-14(9-10)18-15(17-13)11(2)5-4-6-12(3)16/h7-9,11-12H,4-6,16H2,1-3H3. The van der Waals surface area contributed by atoms with Gasteiger partial charge in [0.15, 0.2) is 11.5 Å². The Hall–Kier alpha value is -1.35. The third-order valence-electron chi connectivity index (χ3n) is 3.28. The molecule has 0 amide bonds. The van der Waals surface area contributed by atoms with Gasteiger partial charge in [-0.25, -0.2) is 4.98 Å². The van der Waals surface area contributed by atoms with Gasteiger partial charge in [0.2, 0.25) is 0 Å². The Kier molecular flexibility index (Phi) is 4.02. The van der Waals surface area contributed by atoms with E-state index in [1.54, 1.807) is 0 Å². The lowest BCUT2D eigenvalue weighted by Crippen LogP contribution is -2.14. The lowest BCUT2D eigenvalue weighted by Gasteiger charge is -2.08. The zero-order valence-electron chi connectivity index (χ0n) is 11.4. The van der Waals surface area contributed by atoms with Crippen molar-refractivity contribution in [2.45, 2.75) is 52.0 Å². The van der Waals surface area contributed by atoms with Crippen LogP contribution in [0.25, 0.3) is 11.1 Å². The van der Waals surface area contributed by atoms with E-state index < -0.39 is 0 Å². The largest absolute Gasteiger partial charge is 0.440 e. The Morgan fingerprint density at radius 3 is 2.78 bits per heavy atom. The number of aromatic nitrogens is 1. The average molecular weight is 246 g/mol. The highest BCUT2D eigenvalue weighted by molar-refractivity contribution is 5.73. The van der Waals surface area contributed by atoms with Crippen LogP contribution in [0.5, 0.6) is 0 Å². The summed E-state index contributed by atoms with van der Waals surface area (Å²) in [6.45, 7) is 6.28. The number of nitrogens with zero attached hydrogens (tertiary/aromatic N) is 1. The van der Waals surface area contributed by atoms with Crippen molar-refractivity contribution in [1.82, 2.24) is 4.98 Å². The maximum atomic E-state index is 5.83. The number of aryl methyl sites for hydroxylation is 1. The van der Waals surface area contributed by atoms with Crippen LogP contribution in [0.4, 0.5) is 0 Å². The predicted octanol–water partition coefficient (Wildman–Crippen LogP) is 3.76. The summed E-state index contributed by atoms with van der Waals surface area (Å²) in [6.07, 6.45) is 3.26. The van der Waals surface area contributed by atoms with Crippen LogP contribution in [-0.2, 0) is 0 Å². The van der Waals surface area contributed by atoms with Crippen LogP contribution in [0.2, 0.25) is 0 Å². The predicted molar refractivity (Wildman–Crippen MR) is 74.7 cm³/mol. The molecule has 0 aliphatic heterocycles. The van der Waals surface area contributed by atoms with E-state index in [9.17, 15) is 0 Å². The molecule has 0 aliphatic rings. The molecule has 0 fully saturated rings. The molecule has 3 nitrogen and oxygen atoms in total. The molecule has 0 bridgehead atoms. The number of oxazole rings is 1. The summed E-state index contributed by atoms with van der Waals surface area (Å²) < 4.78 is 5.83. The Labute approximate surface area is 108 Å². The number of benzene rings is 1. The lowest BCUT2D eigenvalue weighted by atomic mass is 10.0. The van der Waals surface area contributed by atoms with Crippen molar-refractivity contribution in [3.8, 4) is 0 Å². The molecule has 0 saturated heterocycles. The normalized spacial score (nSPS) is 14.9. The number of hydrogen-bond donors (Lipinski definition) is 1. The third kappa shape index (κ3) is 3.10. The molecule has 2 rings (SSSR count). The molecule has 0 saturated carbocycles. The fourth-order valence-corrected chi connectivity index (χ4v) is 2.13. The molecule has 1 aromatic carbocycles. The highest BCUT2D eigenvalue weighted by atomic mass is 16.3. The Bertz CT molecular complexity index is 516. The molecule has 2 aromatic rings. The van der Waals surface area contributed by atoms with Crippen LogP contribution in [0.1, 0.15) is 50.5 Å². The van der Waals surface area contributed by atoms with E-state index in [0.29, 0.717) is 5.92 Å². The van der Waals surface area contributed by atoms with Crippen LogP contribution in [0.3, 0.4) is 0 Å². The van der Waals surface area contributed by atoms with E-state index in [1.807, 2.05) is 19.1 Å². The van der Waals surface area contributed by atoms with E-state index in [4.69, 9.17) is 10.2 Å². The summed E-state index contributed by atoms with van der Waals surface area (Å²) in [5.74, 6) is 1.21. The van der Waals surface area contributed by atoms with Gasteiger partial charge in [0.1, 0.15) is 5.52 Å². The van der Waals surface area contributed by atoms with E-state index in [1.165, 1.54) is 5.56 Å². The molecule has 18 heavy (non-hydrogen) atoms. The summed E-state index contributed by atoms with van der Waals surface area (Å²) in [7, 11) is 0. The van der Waals surface area contributed by atoms with Gasteiger partial charge in [-0.05, 0) is 44.4 Å². The topological polar surface area (TPSA) is 52.0 Å². The van der Waals surface area contributed by atoms with Crippen molar-refractivity contribution in [3.05, 3.63) is 29.7 Å². The molecular formula is C15H22N2O. The molecule has 98 valence electrons. The second-order valence-corrected chi connectivity index (χ2v) is 5.33. The molecule has 2 atom stereocenters. The maximum Gasteiger partial charge on any atom is 0.198 e. The van der Waals surface area contributed by atoms with E-state index in [2.05, 4.69) is 24.9 Å². The van der Waals surface area contributed by atoms with Gasteiger partial charge in [0.25, 0.3) is 0 Å². The van der Waals surface area contributed by atoms with Gasteiger partial charge in [0, 0.05) is 12.0 Å². The second kappa shape index (κ2) is 5.53. The van der Waals surface area contributed by atoms with Crippen LogP contribution in [0.15, 0.2) is 22.6 Å². The van der Waals surface area contributed by atoms with Gasteiger partial charge in [-0.15, -0.1) is 0 Å². The first kappa shape index (κ1) is 13.1. The number of fused-ring (bicyclic) bond motifs is 1. The van der Waals surface area contributed by atoms with Gasteiger partial charge >= 0.3 is 0 Å². The molecule has 2 N–H and O–H groups in total. The van der Waals surface area contributed by atoms with Crippen molar-refractivity contribution >= 4 is 11.1 Å². The summed E-state index contributed by atoms with van der Waals surface area (Å²) in [6, 6.07) is 6.41. The minimum absolute atomic E-state index is 0.281. The maximum absolute atomic E-state index is 5.83. The van der Waals surface area contributed by atoms with Crippen molar-refractivity contribution in [3.63, 3.8) is 0 Å². The molecule has 3 heteroatoms. The Morgan fingerprint density at radius 1 is 1.28 bits per heavy atom. The molecular weight excluding hydrogens is 224 g/mol. The smallest absolute Gasteiger partial charge is 0.198 e. The zero-order valence-corrected chi connectivity index (χ0v) is 11.4. The molecule has 0 aliphatic carbocycles. The van der Waals surface area contributed by atoms with Crippen molar-refractivity contribution in [2.75, 3.05) is 0 Å². The third-order valence-corrected chi connectivity index (χ3v) is 3.28. The minimum Gasteiger partial charge on any atom is -0.440 e. The second-order valence-electron chi connectivity index (χ2n) is 5.33. The van der Waals surface area contributed by atoms with Crippen molar-refractivity contribution in [2.24, 2.45) is 5.73 Å². The lowest BCUT2D eigenvalue weighted by molar-refractivity contribution is 0.452. The average Bonchev–Trinajstić information content (AvgIpc) is 2.71. The summed E-state index contributed by atoms with van der Waals surface area (Å²) in [5.41, 5.74) is 8.81. The van der Waals surface area contributed by atoms with Crippen LogP contribution in [0, 0.1) is 6.92 Å². The van der Waals surface area contributed by atoms with Gasteiger partial charge in [-0.1, -0.05) is 19.4 Å². The highest BCUT2D eigenvalue weighted by Crippen LogP contribution is 2.25. The van der Waals surface area contributed by atoms with Gasteiger partial charge in [-0.2, -0.15) is 0 Å². The van der Waals surface area contributed by atoms with Gasteiger partial charge in [0.05, 0.1) is 0 Å². The quantitative estimate of drug-likeness (QED) is 0.874. The first-order valence-corrected chi connectivity index (χ1v) is 6.69. The van der Waals surface area contributed by atoms with Gasteiger partial charge in [-0.3, -0.25) is 0 Å². The number of hydrogen-bond acceptors (Lipinski definition) is 3. The Morgan fingerprint density at radius 2 is 2.06 bits per heavy atom. The van der Waals surface area contributed by atoms with Crippen LogP contribution < -0.4 is 5.73 Å². The Balaban J connectivity index is 2.06. The van der Waals surface area contributed by atoms with Crippen LogP contribution >= 0.6 is 0 Å². The number of rotatable bonds is 5. The number of nitrogens with two attached hydrogens (primary N) is 1. The molecule has 0 spiro atoms. The molecule has 1 heterocycles. The first-order valence-electron chi connectivity index (χ1n) is 6.69. The monoisotopic (exact) mass is 246 g/mol. The fourth-order valence-electron chi connectivity index (χ4n) is 2.13. The summed E-state index contributed by atoms with van der Waals surface area (Å²) >= 11 is 0. The molecule has 2 unspecified atom stereocenters. The first-order chi connectivity index (χ1) is 8.56. The fraction of sp³-hybridized carbons (Fsp3) is 0.533. The highest BCUT2D eigenvalue weighted by Gasteiger charge is 2.13. The van der Waals surface area contributed by atoms with Crippen LogP contribution in [-0.4, -0.2) is 11.0 Å². The van der Waals surface area contributed by atoms with Crippen molar-refractivity contribution < 1.29 is 4.42 Å². The van der Waals surface area contributed by atoms with Crippen molar-refractivity contribution in [1.29, 1.82) is 0 Å². The summed E-state index contributed by atoms with van der Waals surface area (Å²) in [4.78, 5) is 4.55. The molecule has 0 radical (unpaired) electrons. The molecule has 1 aromatic heterocycles. The van der Waals surface area contributed by atoms with E-state index >= 15 is 0 Å². The minimum atomic E-state index is 0.281. The van der Waals surface area contributed by atoms with E-state index in [0.717, 1.165) is 36.3 Å². The van der Waals surface area contributed by atoms with E-state index in [-0.39, 0.29) is 6.04 Å². The van der Waals surface area contributed by atoms with Gasteiger partial charge < -0.3 is 10.2 Å². The SMILES string of the molecule is Cc1ccc2nc(C(C)CCCC(C)N)oc2c1. The summed E-state index contributed by atoms with van der Waals surface area (Å²) in [5, 5.41) is 0. The zero-order chi connectivity index (χ0) is 13.1.